The zero-order valence-electron chi connectivity index (χ0n) is 6.77. The fourth-order valence-corrected chi connectivity index (χ4v) is 1.59. The molecule has 0 radical (unpaired) electrons. The molecule has 2 atom stereocenters. The summed E-state index contributed by atoms with van der Waals surface area (Å²) in [6, 6.07) is 0. The number of rotatable bonds is 4. The first-order valence-corrected chi connectivity index (χ1v) is 5.65. The molecule has 2 unspecified atom stereocenters. The lowest BCUT2D eigenvalue weighted by Crippen LogP contribution is -2.27. The van der Waals surface area contributed by atoms with Crippen LogP contribution in [-0.2, 0) is 4.79 Å². The Kier molecular flexibility index (Phi) is 3.62. The van der Waals surface area contributed by atoms with Crippen molar-refractivity contribution in [2.45, 2.75) is 19.8 Å². The SMILES string of the molecule is CCC1CC1C(=O)NCCI. The van der Waals surface area contributed by atoms with Crippen molar-refractivity contribution in [1.82, 2.24) is 5.32 Å². The van der Waals surface area contributed by atoms with Gasteiger partial charge in [-0.3, -0.25) is 4.79 Å². The molecule has 11 heavy (non-hydrogen) atoms. The summed E-state index contributed by atoms with van der Waals surface area (Å²) in [7, 11) is 0. The highest BCUT2D eigenvalue weighted by Crippen LogP contribution is 2.40. The molecule has 0 bridgehead atoms. The van der Waals surface area contributed by atoms with Crippen LogP contribution in [0.3, 0.4) is 0 Å². The van der Waals surface area contributed by atoms with Crippen LogP contribution >= 0.6 is 22.6 Å². The lowest BCUT2D eigenvalue weighted by molar-refractivity contribution is -0.122. The summed E-state index contributed by atoms with van der Waals surface area (Å²) in [6.07, 6.45) is 2.27. The number of carbonyl (C=O) groups is 1. The molecule has 1 aliphatic carbocycles. The topological polar surface area (TPSA) is 29.1 Å². The summed E-state index contributed by atoms with van der Waals surface area (Å²) in [5.41, 5.74) is 0. The van der Waals surface area contributed by atoms with E-state index in [4.69, 9.17) is 0 Å². The lowest BCUT2D eigenvalue weighted by atomic mass is 10.2. The first-order chi connectivity index (χ1) is 5.29. The van der Waals surface area contributed by atoms with Crippen molar-refractivity contribution in [2.75, 3.05) is 11.0 Å². The molecule has 0 aromatic heterocycles. The number of hydrogen-bond donors (Lipinski definition) is 1. The molecule has 1 aliphatic rings. The maximum atomic E-state index is 11.2. The van der Waals surface area contributed by atoms with E-state index < -0.39 is 0 Å². The zero-order chi connectivity index (χ0) is 8.27. The largest absolute Gasteiger partial charge is 0.355 e. The number of nitrogens with one attached hydrogen (secondary N) is 1. The van der Waals surface area contributed by atoms with Crippen molar-refractivity contribution < 1.29 is 4.79 Å². The maximum Gasteiger partial charge on any atom is 0.223 e. The molecule has 1 amide bonds. The molecule has 0 spiro atoms. The van der Waals surface area contributed by atoms with E-state index in [1.807, 2.05) is 0 Å². The quantitative estimate of drug-likeness (QED) is 0.608. The van der Waals surface area contributed by atoms with Crippen LogP contribution < -0.4 is 5.32 Å². The third kappa shape index (κ3) is 2.61. The van der Waals surface area contributed by atoms with E-state index >= 15 is 0 Å². The van der Waals surface area contributed by atoms with Crippen molar-refractivity contribution >= 4 is 28.5 Å². The van der Waals surface area contributed by atoms with Crippen LogP contribution in [0.5, 0.6) is 0 Å². The molecule has 1 saturated carbocycles. The van der Waals surface area contributed by atoms with E-state index in [0.717, 1.165) is 23.8 Å². The Hall–Kier alpha value is 0.200. The van der Waals surface area contributed by atoms with E-state index in [9.17, 15) is 4.79 Å². The Morgan fingerprint density at radius 1 is 1.73 bits per heavy atom. The van der Waals surface area contributed by atoms with Gasteiger partial charge in [0, 0.05) is 16.9 Å². The van der Waals surface area contributed by atoms with E-state index in [1.165, 1.54) is 0 Å². The van der Waals surface area contributed by atoms with Crippen LogP contribution in [0.15, 0.2) is 0 Å². The van der Waals surface area contributed by atoms with Gasteiger partial charge >= 0.3 is 0 Å². The maximum absolute atomic E-state index is 11.2. The fraction of sp³-hybridized carbons (Fsp3) is 0.875. The summed E-state index contributed by atoms with van der Waals surface area (Å²) in [5, 5.41) is 2.91. The summed E-state index contributed by atoms with van der Waals surface area (Å²) in [5.74, 6) is 1.31. The van der Waals surface area contributed by atoms with Crippen LogP contribution in [0.1, 0.15) is 19.8 Å². The van der Waals surface area contributed by atoms with Gasteiger partial charge in [0.05, 0.1) is 0 Å². The van der Waals surface area contributed by atoms with Gasteiger partial charge in [-0.2, -0.15) is 0 Å². The molecule has 2 nitrogen and oxygen atoms in total. The second kappa shape index (κ2) is 4.28. The van der Waals surface area contributed by atoms with Gasteiger partial charge in [-0.25, -0.2) is 0 Å². The molecule has 0 aliphatic heterocycles. The molecule has 1 rings (SSSR count). The molecule has 0 aromatic carbocycles. The first kappa shape index (κ1) is 9.29. The van der Waals surface area contributed by atoms with E-state index in [0.29, 0.717) is 11.8 Å². The molecule has 1 fully saturated rings. The molecule has 3 heteroatoms. The highest BCUT2D eigenvalue weighted by molar-refractivity contribution is 14.1. The van der Waals surface area contributed by atoms with Crippen molar-refractivity contribution in [3.63, 3.8) is 0 Å². The Labute approximate surface area is 81.3 Å². The van der Waals surface area contributed by atoms with Gasteiger partial charge in [-0.1, -0.05) is 35.9 Å². The third-order valence-corrected chi connectivity index (χ3v) is 2.72. The van der Waals surface area contributed by atoms with E-state index in [-0.39, 0.29) is 5.91 Å². The third-order valence-electron chi connectivity index (χ3n) is 2.18. The predicted octanol–water partition coefficient (Wildman–Crippen LogP) is 1.58. The number of amides is 1. The van der Waals surface area contributed by atoms with Crippen LogP contribution in [0.4, 0.5) is 0 Å². The van der Waals surface area contributed by atoms with Crippen molar-refractivity contribution in [3.8, 4) is 0 Å². The summed E-state index contributed by atoms with van der Waals surface area (Å²) >= 11 is 2.26. The standard InChI is InChI=1S/C8H14INO/c1-2-6-5-7(6)8(11)10-4-3-9/h6-7H,2-5H2,1H3,(H,10,11). The lowest BCUT2D eigenvalue weighted by Gasteiger charge is -2.00. The average Bonchev–Trinajstić information content (AvgIpc) is 2.78. The van der Waals surface area contributed by atoms with Gasteiger partial charge in [0.1, 0.15) is 0 Å². The highest BCUT2D eigenvalue weighted by atomic mass is 127. The normalized spacial score (nSPS) is 28.2. The van der Waals surface area contributed by atoms with Crippen molar-refractivity contribution in [1.29, 1.82) is 0 Å². The number of alkyl halides is 1. The Balaban J connectivity index is 2.12. The minimum Gasteiger partial charge on any atom is -0.355 e. The number of hydrogen-bond acceptors (Lipinski definition) is 1. The molecule has 0 heterocycles. The Morgan fingerprint density at radius 2 is 2.45 bits per heavy atom. The van der Waals surface area contributed by atoms with E-state index in [1.54, 1.807) is 0 Å². The summed E-state index contributed by atoms with van der Waals surface area (Å²) in [6.45, 7) is 2.97. The Morgan fingerprint density at radius 3 is 2.91 bits per heavy atom. The summed E-state index contributed by atoms with van der Waals surface area (Å²) in [4.78, 5) is 11.2. The average molecular weight is 267 g/mol. The van der Waals surface area contributed by atoms with Gasteiger partial charge in [0.15, 0.2) is 0 Å². The van der Waals surface area contributed by atoms with Gasteiger partial charge in [0.2, 0.25) is 5.91 Å². The highest BCUT2D eigenvalue weighted by Gasteiger charge is 2.40. The van der Waals surface area contributed by atoms with Crippen LogP contribution in [-0.4, -0.2) is 16.9 Å². The molecule has 0 aromatic rings. The predicted molar refractivity (Wildman–Crippen MR) is 53.8 cm³/mol. The second-order valence-electron chi connectivity index (χ2n) is 2.99. The van der Waals surface area contributed by atoms with Gasteiger partial charge in [-0.15, -0.1) is 0 Å². The fourth-order valence-electron chi connectivity index (χ4n) is 1.32. The smallest absolute Gasteiger partial charge is 0.223 e. The zero-order valence-corrected chi connectivity index (χ0v) is 8.93. The second-order valence-corrected chi connectivity index (χ2v) is 4.07. The molecule has 0 saturated heterocycles. The minimum absolute atomic E-state index is 0.272. The van der Waals surface area contributed by atoms with Gasteiger partial charge in [-0.05, 0) is 12.3 Å². The number of halogens is 1. The molecule has 64 valence electrons. The van der Waals surface area contributed by atoms with Crippen LogP contribution in [0, 0.1) is 11.8 Å². The summed E-state index contributed by atoms with van der Waals surface area (Å²) < 4.78 is 1.01. The van der Waals surface area contributed by atoms with Crippen LogP contribution in [0.25, 0.3) is 0 Å². The minimum atomic E-state index is 0.272. The van der Waals surface area contributed by atoms with Crippen molar-refractivity contribution in [3.05, 3.63) is 0 Å². The molecule has 1 N–H and O–H groups in total. The molecular weight excluding hydrogens is 253 g/mol. The van der Waals surface area contributed by atoms with E-state index in [2.05, 4.69) is 34.8 Å². The van der Waals surface area contributed by atoms with Gasteiger partial charge < -0.3 is 5.32 Å². The first-order valence-electron chi connectivity index (χ1n) is 4.13. The number of carbonyl (C=O) groups excluding carboxylic acids is 1. The van der Waals surface area contributed by atoms with Gasteiger partial charge in [0.25, 0.3) is 0 Å². The van der Waals surface area contributed by atoms with Crippen LogP contribution in [0.2, 0.25) is 0 Å². The molecular formula is C8H14INO. The monoisotopic (exact) mass is 267 g/mol. The Bertz CT molecular complexity index is 149. The van der Waals surface area contributed by atoms with Crippen molar-refractivity contribution in [2.24, 2.45) is 11.8 Å².